The number of aromatic nitrogens is 2. The van der Waals surface area contributed by atoms with Crippen LogP contribution in [0, 0.1) is 0 Å². The second-order valence-electron chi connectivity index (χ2n) is 5.28. The summed E-state index contributed by atoms with van der Waals surface area (Å²) in [6, 6.07) is 8.13. The predicted molar refractivity (Wildman–Crippen MR) is 89.3 cm³/mol. The molecule has 0 aliphatic carbocycles. The highest BCUT2D eigenvalue weighted by atomic mass is 16.7. The van der Waals surface area contributed by atoms with Gasteiger partial charge in [-0.1, -0.05) is 0 Å². The molecule has 1 aliphatic rings. The van der Waals surface area contributed by atoms with E-state index in [0.717, 1.165) is 28.5 Å². The zero-order valence-corrected chi connectivity index (χ0v) is 12.8. The van der Waals surface area contributed by atoms with Crippen molar-refractivity contribution in [3.05, 3.63) is 54.0 Å². The van der Waals surface area contributed by atoms with Crippen LogP contribution in [0.1, 0.15) is 18.5 Å². The molecule has 6 nitrogen and oxygen atoms in total. The summed E-state index contributed by atoms with van der Waals surface area (Å²) in [6.45, 7) is 0. The number of carbonyl (C=O) groups is 1. The molecule has 3 rings (SSSR count). The van der Waals surface area contributed by atoms with Gasteiger partial charge in [-0.3, -0.25) is 9.79 Å². The number of allylic oxidation sites excluding steroid dienone is 2. The van der Waals surface area contributed by atoms with E-state index in [1.807, 2.05) is 43.6 Å². The van der Waals surface area contributed by atoms with Crippen LogP contribution in [0.3, 0.4) is 0 Å². The molecule has 3 N–H and O–H groups in total. The highest BCUT2D eigenvalue weighted by Gasteiger charge is 2.10. The molecule has 2 aromatic rings. The van der Waals surface area contributed by atoms with E-state index in [9.17, 15) is 4.79 Å². The van der Waals surface area contributed by atoms with E-state index in [2.05, 4.69) is 31.5 Å². The summed E-state index contributed by atoms with van der Waals surface area (Å²) in [5.41, 5.74) is 4.95. The number of rotatable bonds is 5. The Hall–Kier alpha value is -2.86. The topological polar surface area (TPSA) is 85.4 Å². The predicted octanol–water partition coefficient (Wildman–Crippen LogP) is 2.57. The lowest BCUT2D eigenvalue weighted by molar-refractivity contribution is -0.143. The van der Waals surface area contributed by atoms with Crippen molar-refractivity contribution < 1.29 is 9.63 Å². The average Bonchev–Trinajstić information content (AvgIpc) is 3.28. The van der Waals surface area contributed by atoms with Crippen molar-refractivity contribution in [3.8, 4) is 11.4 Å². The van der Waals surface area contributed by atoms with Crippen molar-refractivity contribution in [2.24, 2.45) is 17.9 Å². The van der Waals surface area contributed by atoms with Gasteiger partial charge in [-0.15, -0.1) is 0 Å². The summed E-state index contributed by atoms with van der Waals surface area (Å²) in [7, 11) is 2.02. The molecular weight excluding hydrogens is 292 g/mol. The lowest BCUT2D eigenvalue weighted by Gasteiger charge is -2.03. The number of hydrogen-bond donors (Lipinski definition) is 2. The van der Waals surface area contributed by atoms with Crippen molar-refractivity contribution in [3.63, 3.8) is 0 Å². The first-order valence-corrected chi connectivity index (χ1v) is 7.34. The highest BCUT2D eigenvalue weighted by molar-refractivity contribution is 6.00. The molecule has 0 spiro atoms. The number of nitrogens with two attached hydrogens (primary N) is 1. The first-order chi connectivity index (χ1) is 11.2. The van der Waals surface area contributed by atoms with E-state index in [1.165, 1.54) is 0 Å². The summed E-state index contributed by atoms with van der Waals surface area (Å²) >= 11 is 0. The summed E-state index contributed by atoms with van der Waals surface area (Å²) in [6.07, 6.45) is 8.51. The third-order valence-corrected chi connectivity index (χ3v) is 3.77. The zero-order valence-electron chi connectivity index (χ0n) is 12.8. The van der Waals surface area contributed by atoms with Gasteiger partial charge in [0.1, 0.15) is 0 Å². The fourth-order valence-corrected chi connectivity index (χ4v) is 2.51. The molecule has 0 fully saturated rings. The minimum absolute atomic E-state index is 0.230. The molecule has 0 radical (unpaired) electrons. The van der Waals surface area contributed by atoms with E-state index in [0.29, 0.717) is 6.42 Å². The van der Waals surface area contributed by atoms with E-state index < -0.39 is 5.97 Å². The fourth-order valence-electron chi connectivity index (χ4n) is 2.51. The smallest absolute Gasteiger partial charge is 0.324 e. The summed E-state index contributed by atoms with van der Waals surface area (Å²) in [4.78, 5) is 22.9. The highest BCUT2D eigenvalue weighted by Crippen LogP contribution is 2.22. The van der Waals surface area contributed by atoms with E-state index in [1.54, 1.807) is 0 Å². The summed E-state index contributed by atoms with van der Waals surface area (Å²) in [5.74, 6) is 4.39. The van der Waals surface area contributed by atoms with Crippen LogP contribution in [0.2, 0.25) is 0 Å². The van der Waals surface area contributed by atoms with E-state index >= 15 is 0 Å². The van der Waals surface area contributed by atoms with Crippen LogP contribution in [0.25, 0.3) is 17.5 Å². The standard InChI is InChI=1S/C17H18N4O2/c1-21-14(7-8-16(21)15-3-2-10-19-15)11-13-5-4-12(20-13)6-9-17(22)23-18/h2-5,7-8,10-11,19H,6,9,18H2,1H3/b13-11-. The van der Waals surface area contributed by atoms with Crippen LogP contribution in [0.15, 0.2) is 53.3 Å². The van der Waals surface area contributed by atoms with Crippen LogP contribution in [-0.2, 0) is 16.7 Å². The Morgan fingerprint density at radius 2 is 2.26 bits per heavy atom. The van der Waals surface area contributed by atoms with Crippen LogP contribution < -0.4 is 5.90 Å². The van der Waals surface area contributed by atoms with Gasteiger partial charge in [0.25, 0.3) is 0 Å². The van der Waals surface area contributed by atoms with Gasteiger partial charge in [0.05, 0.1) is 23.5 Å². The van der Waals surface area contributed by atoms with Gasteiger partial charge in [0, 0.05) is 31.1 Å². The maximum absolute atomic E-state index is 11.1. The maximum Gasteiger partial charge on any atom is 0.324 e. The molecule has 6 heteroatoms. The van der Waals surface area contributed by atoms with E-state index in [4.69, 9.17) is 5.90 Å². The number of aliphatic imine (C=N–C) groups is 1. The Kier molecular flexibility index (Phi) is 4.25. The molecule has 118 valence electrons. The van der Waals surface area contributed by atoms with Gasteiger partial charge < -0.3 is 14.4 Å². The molecule has 1 aliphatic heterocycles. The first-order valence-electron chi connectivity index (χ1n) is 7.34. The summed E-state index contributed by atoms with van der Waals surface area (Å²) < 4.78 is 2.10. The van der Waals surface area contributed by atoms with Crippen molar-refractivity contribution >= 4 is 17.8 Å². The second-order valence-corrected chi connectivity index (χ2v) is 5.28. The van der Waals surface area contributed by atoms with Crippen molar-refractivity contribution in [1.82, 2.24) is 9.55 Å². The molecule has 0 atom stereocenters. The molecule has 2 aromatic heterocycles. The average molecular weight is 310 g/mol. The molecular formula is C17H18N4O2. The number of aromatic amines is 1. The fraction of sp³-hybridized carbons (Fsp3) is 0.176. The van der Waals surface area contributed by atoms with Gasteiger partial charge in [-0.05, 0) is 42.5 Å². The number of hydrogen-bond acceptors (Lipinski definition) is 4. The van der Waals surface area contributed by atoms with Gasteiger partial charge >= 0.3 is 5.97 Å². The molecule has 0 saturated heterocycles. The third-order valence-electron chi connectivity index (χ3n) is 3.77. The van der Waals surface area contributed by atoms with Crippen molar-refractivity contribution in [1.29, 1.82) is 0 Å². The minimum atomic E-state index is -0.434. The Morgan fingerprint density at radius 1 is 1.39 bits per heavy atom. The van der Waals surface area contributed by atoms with Gasteiger partial charge in [0.2, 0.25) is 0 Å². The second kappa shape index (κ2) is 6.50. The van der Waals surface area contributed by atoms with Crippen LogP contribution in [0.5, 0.6) is 0 Å². The molecule has 0 amide bonds. The van der Waals surface area contributed by atoms with Gasteiger partial charge in [-0.2, -0.15) is 5.90 Å². The Morgan fingerprint density at radius 3 is 3.00 bits per heavy atom. The number of nitrogens with one attached hydrogen (secondary N) is 1. The Labute approximate surface area is 133 Å². The van der Waals surface area contributed by atoms with E-state index in [-0.39, 0.29) is 6.42 Å². The maximum atomic E-state index is 11.1. The van der Waals surface area contributed by atoms with Crippen LogP contribution in [-0.4, -0.2) is 21.2 Å². The van der Waals surface area contributed by atoms with Crippen molar-refractivity contribution in [2.75, 3.05) is 0 Å². The number of H-pyrrole nitrogens is 1. The minimum Gasteiger partial charge on any atom is -0.373 e. The monoisotopic (exact) mass is 310 g/mol. The number of carbonyl (C=O) groups excluding carboxylic acids is 1. The molecule has 0 unspecified atom stereocenters. The Bertz CT molecular complexity index is 795. The lowest BCUT2D eigenvalue weighted by atomic mass is 10.2. The summed E-state index contributed by atoms with van der Waals surface area (Å²) in [5, 5.41) is 0. The molecule has 3 heterocycles. The normalized spacial score (nSPS) is 15.2. The molecule has 0 aromatic carbocycles. The van der Waals surface area contributed by atoms with Crippen LogP contribution in [0.4, 0.5) is 0 Å². The third kappa shape index (κ3) is 3.32. The molecule has 0 bridgehead atoms. The SMILES string of the molecule is Cn1c(/C=C2/C=CC(CCC(=O)ON)=N2)ccc1-c1ccc[nH]1. The molecule has 0 saturated carbocycles. The van der Waals surface area contributed by atoms with Gasteiger partial charge in [-0.25, -0.2) is 0 Å². The quantitative estimate of drug-likeness (QED) is 0.832. The number of nitrogens with zero attached hydrogens (tertiary/aromatic N) is 2. The largest absolute Gasteiger partial charge is 0.373 e. The van der Waals surface area contributed by atoms with Crippen molar-refractivity contribution in [2.45, 2.75) is 12.8 Å². The Balaban J connectivity index is 1.75. The molecule has 23 heavy (non-hydrogen) atoms. The van der Waals surface area contributed by atoms with Gasteiger partial charge in [0.15, 0.2) is 0 Å². The van der Waals surface area contributed by atoms with Crippen LogP contribution >= 0.6 is 0 Å². The lowest BCUT2D eigenvalue weighted by Crippen LogP contribution is -2.10. The zero-order chi connectivity index (χ0) is 16.2. The first kappa shape index (κ1) is 15.1.